The number of benzene rings is 3. The van der Waals surface area contributed by atoms with E-state index in [1.54, 1.807) is 6.07 Å². The number of rotatable bonds is 8. The number of nitrogens with one attached hydrogen (secondary N) is 1. The molecule has 0 aliphatic carbocycles. The Labute approximate surface area is 185 Å². The molecular formula is C21H15FN4O7. The summed E-state index contributed by atoms with van der Waals surface area (Å²) in [6.45, 7) is 0. The number of halogens is 1. The largest absolute Gasteiger partial charge is 0.493 e. The number of hydrogen-bond donors (Lipinski definition) is 1. The van der Waals surface area contributed by atoms with Crippen LogP contribution in [0.1, 0.15) is 15.9 Å². The molecular weight excluding hydrogens is 439 g/mol. The van der Waals surface area contributed by atoms with Gasteiger partial charge in [-0.1, -0.05) is 0 Å². The van der Waals surface area contributed by atoms with Crippen molar-refractivity contribution in [2.75, 3.05) is 7.11 Å². The highest BCUT2D eigenvalue weighted by atomic mass is 19.1. The lowest BCUT2D eigenvalue weighted by Gasteiger charge is -2.11. The van der Waals surface area contributed by atoms with Crippen LogP contribution in [0.3, 0.4) is 0 Å². The second-order valence-electron chi connectivity index (χ2n) is 6.38. The highest BCUT2D eigenvalue weighted by Crippen LogP contribution is 2.38. The number of nitro benzene ring substituents is 2. The minimum Gasteiger partial charge on any atom is -0.493 e. The van der Waals surface area contributed by atoms with E-state index in [9.17, 15) is 29.4 Å². The molecule has 11 nitrogen and oxygen atoms in total. The van der Waals surface area contributed by atoms with E-state index in [1.807, 2.05) is 0 Å². The van der Waals surface area contributed by atoms with Crippen molar-refractivity contribution in [2.24, 2.45) is 5.10 Å². The van der Waals surface area contributed by atoms with Crippen molar-refractivity contribution >= 4 is 23.5 Å². The van der Waals surface area contributed by atoms with Gasteiger partial charge in [-0.15, -0.1) is 0 Å². The first-order valence-electron chi connectivity index (χ1n) is 9.16. The molecule has 3 aromatic carbocycles. The van der Waals surface area contributed by atoms with Crippen molar-refractivity contribution in [2.45, 2.75) is 0 Å². The smallest absolute Gasteiger partial charge is 0.318 e. The van der Waals surface area contributed by atoms with Crippen LogP contribution in [-0.2, 0) is 0 Å². The Morgan fingerprint density at radius 2 is 1.67 bits per heavy atom. The van der Waals surface area contributed by atoms with E-state index < -0.39 is 32.9 Å². The molecule has 1 N–H and O–H groups in total. The molecule has 0 aliphatic heterocycles. The monoisotopic (exact) mass is 454 g/mol. The quantitative estimate of drug-likeness (QED) is 0.305. The number of hydrogen-bond acceptors (Lipinski definition) is 8. The third-order valence-corrected chi connectivity index (χ3v) is 4.24. The Kier molecular flexibility index (Phi) is 6.88. The van der Waals surface area contributed by atoms with Crippen molar-refractivity contribution in [3.05, 3.63) is 97.8 Å². The molecule has 0 atom stereocenters. The van der Waals surface area contributed by atoms with Crippen LogP contribution in [0.15, 0.2) is 65.8 Å². The first-order chi connectivity index (χ1) is 15.8. The zero-order valence-corrected chi connectivity index (χ0v) is 16.9. The highest BCUT2D eigenvalue weighted by molar-refractivity contribution is 5.94. The maximum absolute atomic E-state index is 12.9. The van der Waals surface area contributed by atoms with Crippen LogP contribution in [0.5, 0.6) is 17.2 Å². The minimum absolute atomic E-state index is 0.113. The fourth-order valence-corrected chi connectivity index (χ4v) is 2.65. The van der Waals surface area contributed by atoms with Gasteiger partial charge in [-0.3, -0.25) is 25.0 Å². The van der Waals surface area contributed by atoms with Crippen LogP contribution < -0.4 is 14.9 Å². The standard InChI is InChI=1S/C21H15FN4O7/c1-32-20-10-13(12-23-24-21(27)14-3-5-15(22)6-4-14)2-8-19(20)33-18-9-7-16(25(28)29)11-17(18)26(30)31/h2-12H,1H3,(H,24,27)/b23-12+. The van der Waals surface area contributed by atoms with E-state index in [4.69, 9.17) is 9.47 Å². The van der Waals surface area contributed by atoms with E-state index in [2.05, 4.69) is 10.5 Å². The molecule has 0 unspecified atom stereocenters. The van der Waals surface area contributed by atoms with Gasteiger partial charge in [0.2, 0.25) is 5.75 Å². The SMILES string of the molecule is COc1cc(/C=N/NC(=O)c2ccc(F)cc2)ccc1Oc1ccc([N+](=O)[O-])cc1[N+](=O)[O-]. The number of non-ortho nitro benzene ring substituents is 1. The second-order valence-corrected chi connectivity index (χ2v) is 6.38. The number of ether oxygens (including phenoxy) is 2. The predicted molar refractivity (Wildman–Crippen MR) is 114 cm³/mol. The number of amides is 1. The van der Waals surface area contributed by atoms with Crippen LogP contribution >= 0.6 is 0 Å². The van der Waals surface area contributed by atoms with Gasteiger partial charge in [0.15, 0.2) is 11.5 Å². The molecule has 0 saturated carbocycles. The van der Waals surface area contributed by atoms with E-state index in [-0.39, 0.29) is 22.8 Å². The zero-order chi connectivity index (χ0) is 24.0. The average molecular weight is 454 g/mol. The van der Waals surface area contributed by atoms with Crippen molar-refractivity contribution in [3.63, 3.8) is 0 Å². The third kappa shape index (κ3) is 5.64. The van der Waals surface area contributed by atoms with Gasteiger partial charge in [-0.05, 0) is 54.1 Å². The Bertz CT molecular complexity index is 1250. The average Bonchev–Trinajstić information content (AvgIpc) is 2.80. The second kappa shape index (κ2) is 9.96. The lowest BCUT2D eigenvalue weighted by molar-refractivity contribution is -0.394. The maximum Gasteiger partial charge on any atom is 0.318 e. The summed E-state index contributed by atoms with van der Waals surface area (Å²) in [7, 11) is 1.35. The normalized spacial score (nSPS) is 10.6. The Morgan fingerprint density at radius 3 is 2.30 bits per heavy atom. The van der Waals surface area contributed by atoms with Crippen LogP contribution in [0.4, 0.5) is 15.8 Å². The number of nitro groups is 2. The summed E-state index contributed by atoms with van der Waals surface area (Å²) in [6, 6.07) is 12.4. The summed E-state index contributed by atoms with van der Waals surface area (Å²) in [5.74, 6) is -0.914. The Balaban J connectivity index is 1.77. The Hall–Kier alpha value is -4.87. The number of carbonyl (C=O) groups is 1. The fourth-order valence-electron chi connectivity index (χ4n) is 2.65. The Morgan fingerprint density at radius 1 is 0.970 bits per heavy atom. The number of methoxy groups -OCH3 is 1. The van der Waals surface area contributed by atoms with Crippen LogP contribution in [0.25, 0.3) is 0 Å². The first kappa shape index (κ1) is 22.8. The topological polar surface area (TPSA) is 146 Å². The summed E-state index contributed by atoms with van der Waals surface area (Å²) in [5, 5.41) is 26.0. The minimum atomic E-state index is -0.792. The van der Waals surface area contributed by atoms with Gasteiger partial charge in [0.1, 0.15) is 5.82 Å². The molecule has 0 aliphatic rings. The molecule has 0 bridgehead atoms. The van der Waals surface area contributed by atoms with Crippen molar-refractivity contribution in [1.82, 2.24) is 5.43 Å². The van der Waals surface area contributed by atoms with E-state index in [0.717, 1.165) is 30.3 Å². The molecule has 33 heavy (non-hydrogen) atoms. The fraction of sp³-hybridized carbons (Fsp3) is 0.0476. The molecule has 0 heterocycles. The van der Waals surface area contributed by atoms with E-state index in [0.29, 0.717) is 5.56 Å². The lowest BCUT2D eigenvalue weighted by Crippen LogP contribution is -2.17. The molecule has 0 radical (unpaired) electrons. The molecule has 3 rings (SSSR count). The molecule has 1 amide bonds. The molecule has 0 fully saturated rings. The number of hydrazone groups is 1. The highest BCUT2D eigenvalue weighted by Gasteiger charge is 2.22. The molecule has 0 saturated heterocycles. The molecule has 0 aromatic heterocycles. The summed E-state index contributed by atoms with van der Waals surface area (Å²) in [4.78, 5) is 32.6. The van der Waals surface area contributed by atoms with E-state index in [1.165, 1.54) is 37.6 Å². The summed E-state index contributed by atoms with van der Waals surface area (Å²) >= 11 is 0. The predicted octanol–water partition coefficient (Wildman–Crippen LogP) is 4.21. The molecule has 3 aromatic rings. The molecule has 0 spiro atoms. The summed E-state index contributed by atoms with van der Waals surface area (Å²) < 4.78 is 23.7. The van der Waals surface area contributed by atoms with Crippen LogP contribution in [-0.4, -0.2) is 29.1 Å². The van der Waals surface area contributed by atoms with Crippen LogP contribution in [0.2, 0.25) is 0 Å². The van der Waals surface area contributed by atoms with Gasteiger partial charge in [0, 0.05) is 11.6 Å². The van der Waals surface area contributed by atoms with Crippen molar-refractivity contribution < 1.29 is 28.5 Å². The van der Waals surface area contributed by atoms with Gasteiger partial charge >= 0.3 is 5.69 Å². The van der Waals surface area contributed by atoms with Gasteiger partial charge < -0.3 is 9.47 Å². The van der Waals surface area contributed by atoms with Crippen molar-refractivity contribution in [3.8, 4) is 17.2 Å². The first-order valence-corrected chi connectivity index (χ1v) is 9.16. The number of carbonyl (C=O) groups excluding carboxylic acids is 1. The van der Waals surface area contributed by atoms with Crippen molar-refractivity contribution in [1.29, 1.82) is 0 Å². The van der Waals surface area contributed by atoms with Crippen LogP contribution in [0, 0.1) is 26.0 Å². The van der Waals surface area contributed by atoms with E-state index >= 15 is 0 Å². The summed E-state index contributed by atoms with van der Waals surface area (Å²) in [5.41, 5.74) is 1.99. The summed E-state index contributed by atoms with van der Waals surface area (Å²) in [6.07, 6.45) is 1.32. The van der Waals surface area contributed by atoms with Gasteiger partial charge in [0.25, 0.3) is 11.6 Å². The van der Waals surface area contributed by atoms with Gasteiger partial charge in [-0.25, -0.2) is 9.82 Å². The molecule has 12 heteroatoms. The third-order valence-electron chi connectivity index (χ3n) is 4.24. The van der Waals surface area contributed by atoms with Gasteiger partial charge in [-0.2, -0.15) is 5.10 Å². The number of nitrogens with zero attached hydrogens (tertiary/aromatic N) is 3. The molecule has 168 valence electrons. The zero-order valence-electron chi connectivity index (χ0n) is 16.9. The maximum atomic E-state index is 12.9. The van der Waals surface area contributed by atoms with Gasteiger partial charge in [0.05, 0.1) is 29.2 Å². The lowest BCUT2D eigenvalue weighted by atomic mass is 10.2.